The molecule has 0 radical (unpaired) electrons. The lowest BCUT2D eigenvalue weighted by molar-refractivity contribution is 0.141. The van der Waals surface area contributed by atoms with E-state index in [9.17, 15) is 0 Å². The second-order valence-corrected chi connectivity index (χ2v) is 5.38. The zero-order valence-electron chi connectivity index (χ0n) is 11.7. The highest BCUT2D eigenvalue weighted by atomic mass is 35.5. The van der Waals surface area contributed by atoms with Crippen molar-refractivity contribution in [3.8, 4) is 0 Å². The van der Waals surface area contributed by atoms with Crippen molar-refractivity contribution < 1.29 is 4.74 Å². The molecule has 0 bridgehead atoms. The molecule has 0 heterocycles. The van der Waals surface area contributed by atoms with E-state index in [0.717, 1.165) is 49.6 Å². The predicted molar refractivity (Wildman–Crippen MR) is 83.4 cm³/mol. The first kappa shape index (κ1) is 16.8. The van der Waals surface area contributed by atoms with Crippen molar-refractivity contribution in [2.75, 3.05) is 19.8 Å². The van der Waals surface area contributed by atoms with Gasteiger partial charge in [-0.25, -0.2) is 0 Å². The Kier molecular flexibility index (Phi) is 8.47. The summed E-state index contributed by atoms with van der Waals surface area (Å²) in [5, 5.41) is 4.94. The first-order valence-electron chi connectivity index (χ1n) is 6.92. The minimum atomic E-state index is 0.434. The number of rotatable bonds is 9. The number of nitrogens with one attached hydrogen (secondary N) is 1. The molecule has 1 atom stereocenters. The van der Waals surface area contributed by atoms with Gasteiger partial charge >= 0.3 is 0 Å². The molecule has 108 valence electrons. The van der Waals surface area contributed by atoms with E-state index in [4.69, 9.17) is 27.9 Å². The third-order valence-electron chi connectivity index (χ3n) is 3.02. The second-order valence-electron chi connectivity index (χ2n) is 4.53. The molecule has 0 amide bonds. The first-order valence-corrected chi connectivity index (χ1v) is 7.68. The minimum absolute atomic E-state index is 0.434. The van der Waals surface area contributed by atoms with Crippen LogP contribution in [0.1, 0.15) is 32.3 Å². The smallest absolute Gasteiger partial charge is 0.0466 e. The molecule has 1 aromatic rings. The number of hydrogen-bond donors (Lipinski definition) is 1. The Hall–Kier alpha value is -0.280. The van der Waals surface area contributed by atoms with Crippen LogP contribution < -0.4 is 5.32 Å². The third-order valence-corrected chi connectivity index (χ3v) is 3.61. The SMILES string of the molecule is CCNC(CCCOCC)Cc1ccc(Cl)cc1Cl. The fourth-order valence-corrected chi connectivity index (χ4v) is 2.58. The Morgan fingerprint density at radius 2 is 2.05 bits per heavy atom. The Bertz CT molecular complexity index is 371. The molecule has 4 heteroatoms. The molecule has 0 fully saturated rings. The van der Waals surface area contributed by atoms with Crippen molar-refractivity contribution >= 4 is 23.2 Å². The molecule has 0 spiro atoms. The monoisotopic (exact) mass is 303 g/mol. The molecule has 1 aromatic carbocycles. The zero-order chi connectivity index (χ0) is 14.1. The topological polar surface area (TPSA) is 21.3 Å². The van der Waals surface area contributed by atoms with Crippen molar-refractivity contribution in [2.45, 2.75) is 39.2 Å². The molecule has 1 rings (SSSR count). The summed E-state index contributed by atoms with van der Waals surface area (Å²) in [7, 11) is 0. The summed E-state index contributed by atoms with van der Waals surface area (Å²) in [6.45, 7) is 6.72. The van der Waals surface area contributed by atoms with E-state index in [1.54, 1.807) is 0 Å². The van der Waals surface area contributed by atoms with Gasteiger partial charge in [0.1, 0.15) is 0 Å². The molecule has 1 N–H and O–H groups in total. The summed E-state index contributed by atoms with van der Waals surface area (Å²) < 4.78 is 5.38. The van der Waals surface area contributed by atoms with Crippen molar-refractivity contribution in [3.05, 3.63) is 33.8 Å². The zero-order valence-corrected chi connectivity index (χ0v) is 13.2. The van der Waals surface area contributed by atoms with Crippen LogP contribution in [0.25, 0.3) is 0 Å². The summed E-state index contributed by atoms with van der Waals surface area (Å²) in [5.74, 6) is 0. The maximum Gasteiger partial charge on any atom is 0.0466 e. The van der Waals surface area contributed by atoms with E-state index in [2.05, 4.69) is 12.2 Å². The molecule has 0 aliphatic heterocycles. The fraction of sp³-hybridized carbons (Fsp3) is 0.600. The Morgan fingerprint density at radius 3 is 2.68 bits per heavy atom. The quantitative estimate of drug-likeness (QED) is 0.686. The van der Waals surface area contributed by atoms with Gasteiger partial charge in [-0.15, -0.1) is 0 Å². The minimum Gasteiger partial charge on any atom is -0.382 e. The standard InChI is InChI=1S/C15H23Cl2NO/c1-3-18-14(6-5-9-19-4-2)10-12-7-8-13(16)11-15(12)17/h7-8,11,14,18H,3-6,9-10H2,1-2H3. The highest BCUT2D eigenvalue weighted by Gasteiger charge is 2.11. The van der Waals surface area contributed by atoms with Gasteiger partial charge in [0, 0.05) is 29.3 Å². The van der Waals surface area contributed by atoms with E-state index in [0.29, 0.717) is 11.1 Å². The van der Waals surface area contributed by atoms with Gasteiger partial charge in [0.05, 0.1) is 0 Å². The van der Waals surface area contributed by atoms with Crippen LogP contribution in [0.15, 0.2) is 18.2 Å². The summed E-state index contributed by atoms with van der Waals surface area (Å²) in [4.78, 5) is 0. The maximum absolute atomic E-state index is 6.22. The lowest BCUT2D eigenvalue weighted by atomic mass is 10.0. The third kappa shape index (κ3) is 6.62. The van der Waals surface area contributed by atoms with Gasteiger partial charge in [-0.1, -0.05) is 36.2 Å². The van der Waals surface area contributed by atoms with Gasteiger partial charge in [-0.3, -0.25) is 0 Å². The molecule has 0 aromatic heterocycles. The lowest BCUT2D eigenvalue weighted by Gasteiger charge is -2.18. The summed E-state index contributed by atoms with van der Waals surface area (Å²) in [6.07, 6.45) is 3.08. The van der Waals surface area contributed by atoms with Gasteiger partial charge in [-0.05, 0) is 50.4 Å². The van der Waals surface area contributed by atoms with Crippen molar-refractivity contribution in [3.63, 3.8) is 0 Å². The molecular formula is C15H23Cl2NO. The highest BCUT2D eigenvalue weighted by Crippen LogP contribution is 2.22. The average molecular weight is 304 g/mol. The van der Waals surface area contributed by atoms with Gasteiger partial charge in [0.2, 0.25) is 0 Å². The van der Waals surface area contributed by atoms with Crippen LogP contribution in [-0.4, -0.2) is 25.8 Å². The van der Waals surface area contributed by atoms with Crippen LogP contribution in [0.5, 0.6) is 0 Å². The number of likely N-dealkylation sites (N-methyl/N-ethyl adjacent to an activating group) is 1. The molecule has 0 saturated carbocycles. The summed E-state index contributed by atoms with van der Waals surface area (Å²) >= 11 is 12.1. The van der Waals surface area contributed by atoms with Crippen molar-refractivity contribution in [2.24, 2.45) is 0 Å². The molecule has 0 saturated heterocycles. The molecule has 0 aliphatic carbocycles. The van der Waals surface area contributed by atoms with E-state index in [-0.39, 0.29) is 0 Å². The van der Waals surface area contributed by atoms with Gasteiger partial charge in [0.15, 0.2) is 0 Å². The van der Waals surface area contributed by atoms with Crippen LogP contribution in [0.2, 0.25) is 10.0 Å². The first-order chi connectivity index (χ1) is 9.17. The summed E-state index contributed by atoms with van der Waals surface area (Å²) in [6, 6.07) is 6.15. The predicted octanol–water partition coefficient (Wildman–Crippen LogP) is 4.33. The number of halogens is 2. The van der Waals surface area contributed by atoms with Crippen molar-refractivity contribution in [1.82, 2.24) is 5.32 Å². The van der Waals surface area contributed by atoms with E-state index in [1.165, 1.54) is 0 Å². The molecule has 2 nitrogen and oxygen atoms in total. The largest absolute Gasteiger partial charge is 0.382 e. The normalized spacial score (nSPS) is 12.6. The van der Waals surface area contributed by atoms with Crippen LogP contribution in [0.3, 0.4) is 0 Å². The van der Waals surface area contributed by atoms with Gasteiger partial charge < -0.3 is 10.1 Å². The van der Waals surface area contributed by atoms with E-state index >= 15 is 0 Å². The highest BCUT2D eigenvalue weighted by molar-refractivity contribution is 6.35. The van der Waals surface area contributed by atoms with Crippen LogP contribution in [0, 0.1) is 0 Å². The number of benzene rings is 1. The van der Waals surface area contributed by atoms with Gasteiger partial charge in [-0.2, -0.15) is 0 Å². The molecular weight excluding hydrogens is 281 g/mol. The molecule has 19 heavy (non-hydrogen) atoms. The Morgan fingerprint density at radius 1 is 1.26 bits per heavy atom. The van der Waals surface area contributed by atoms with Crippen LogP contribution in [0.4, 0.5) is 0 Å². The lowest BCUT2D eigenvalue weighted by Crippen LogP contribution is -2.31. The number of ether oxygens (including phenoxy) is 1. The Labute approximate surface area is 126 Å². The van der Waals surface area contributed by atoms with Gasteiger partial charge in [0.25, 0.3) is 0 Å². The molecule has 0 aliphatic rings. The van der Waals surface area contributed by atoms with Crippen LogP contribution in [-0.2, 0) is 11.2 Å². The van der Waals surface area contributed by atoms with Crippen molar-refractivity contribution in [1.29, 1.82) is 0 Å². The maximum atomic E-state index is 6.22. The van der Waals surface area contributed by atoms with E-state index < -0.39 is 0 Å². The molecule has 1 unspecified atom stereocenters. The Balaban J connectivity index is 2.51. The second kappa shape index (κ2) is 9.60. The summed E-state index contributed by atoms with van der Waals surface area (Å²) in [5.41, 5.74) is 1.15. The van der Waals surface area contributed by atoms with Crippen LogP contribution >= 0.6 is 23.2 Å². The fourth-order valence-electron chi connectivity index (χ4n) is 2.09. The average Bonchev–Trinajstić information content (AvgIpc) is 2.38. The van der Waals surface area contributed by atoms with E-state index in [1.807, 2.05) is 25.1 Å². The number of hydrogen-bond acceptors (Lipinski definition) is 2.